The Morgan fingerprint density at radius 3 is 2.64 bits per heavy atom. The molecule has 4 nitrogen and oxygen atoms in total. The lowest BCUT2D eigenvalue weighted by atomic mass is 10.2. The first-order valence-corrected chi connectivity index (χ1v) is 5.41. The Bertz CT molecular complexity index is 193. The highest BCUT2D eigenvalue weighted by Crippen LogP contribution is 2.18. The average molecular weight is 200 g/mol. The molecule has 0 radical (unpaired) electrons. The maximum Gasteiger partial charge on any atom is 0.320 e. The molecule has 1 aliphatic rings. The van der Waals surface area contributed by atoms with Crippen LogP contribution in [0.5, 0.6) is 0 Å². The van der Waals surface area contributed by atoms with Crippen molar-refractivity contribution in [1.29, 1.82) is 0 Å². The summed E-state index contributed by atoms with van der Waals surface area (Å²) < 4.78 is 0. The van der Waals surface area contributed by atoms with Crippen LogP contribution in [0.2, 0.25) is 0 Å². The molecule has 0 spiro atoms. The third kappa shape index (κ3) is 2.18. The summed E-state index contributed by atoms with van der Waals surface area (Å²) in [7, 11) is 0. The van der Waals surface area contributed by atoms with Crippen molar-refractivity contribution in [1.82, 2.24) is 9.80 Å². The molecule has 1 atom stereocenters. The predicted octanol–water partition coefficient (Wildman–Crippen LogP) is 0.905. The second kappa shape index (κ2) is 5.20. The number of carbonyl (C=O) groups is 1. The maximum atomic E-state index is 11.9. The molecular formula is C10H20N2O2. The summed E-state index contributed by atoms with van der Waals surface area (Å²) in [5.41, 5.74) is 0. The van der Waals surface area contributed by atoms with E-state index in [9.17, 15) is 4.79 Å². The topological polar surface area (TPSA) is 43.8 Å². The van der Waals surface area contributed by atoms with Crippen molar-refractivity contribution in [3.05, 3.63) is 0 Å². The number of hydrogen-bond acceptors (Lipinski definition) is 2. The number of carbonyl (C=O) groups excluding carboxylic acids is 1. The minimum Gasteiger partial charge on any atom is -0.394 e. The van der Waals surface area contributed by atoms with Crippen molar-refractivity contribution >= 4 is 6.03 Å². The number of rotatable bonds is 3. The van der Waals surface area contributed by atoms with E-state index in [1.165, 1.54) is 0 Å². The number of aliphatic hydroxyl groups excluding tert-OH is 1. The van der Waals surface area contributed by atoms with Gasteiger partial charge in [0, 0.05) is 19.6 Å². The molecule has 1 heterocycles. The SMILES string of the molecule is CCN(CC)C(=O)N1CCC[C@@H]1CO. The van der Waals surface area contributed by atoms with Gasteiger partial charge in [0.2, 0.25) is 0 Å². The Balaban J connectivity index is 2.58. The van der Waals surface area contributed by atoms with Crippen LogP contribution in [0.25, 0.3) is 0 Å². The molecule has 1 fully saturated rings. The van der Waals surface area contributed by atoms with Crippen LogP contribution in [0.15, 0.2) is 0 Å². The predicted molar refractivity (Wildman–Crippen MR) is 55.1 cm³/mol. The molecule has 2 amide bonds. The van der Waals surface area contributed by atoms with E-state index in [1.54, 1.807) is 9.80 Å². The molecule has 0 aliphatic carbocycles. The van der Waals surface area contributed by atoms with E-state index in [2.05, 4.69) is 0 Å². The average Bonchev–Trinajstić information content (AvgIpc) is 2.67. The summed E-state index contributed by atoms with van der Waals surface area (Å²) in [6, 6.07) is 0.120. The molecular weight excluding hydrogens is 180 g/mol. The minimum atomic E-state index is 0.0445. The van der Waals surface area contributed by atoms with Gasteiger partial charge in [-0.15, -0.1) is 0 Å². The van der Waals surface area contributed by atoms with Gasteiger partial charge in [-0.25, -0.2) is 4.79 Å². The third-order valence-corrected chi connectivity index (χ3v) is 2.87. The molecule has 82 valence electrons. The van der Waals surface area contributed by atoms with Gasteiger partial charge >= 0.3 is 6.03 Å². The standard InChI is InChI=1S/C10H20N2O2/c1-3-11(4-2)10(14)12-7-5-6-9(12)8-13/h9,13H,3-8H2,1-2H3/t9-/m1/s1. The van der Waals surface area contributed by atoms with Crippen molar-refractivity contribution in [3.63, 3.8) is 0 Å². The third-order valence-electron chi connectivity index (χ3n) is 2.87. The Labute approximate surface area is 85.5 Å². The Kier molecular flexibility index (Phi) is 4.20. The number of amides is 2. The highest BCUT2D eigenvalue weighted by Gasteiger charge is 2.29. The van der Waals surface area contributed by atoms with E-state index in [0.29, 0.717) is 0 Å². The van der Waals surface area contributed by atoms with Gasteiger partial charge in [0.25, 0.3) is 0 Å². The molecule has 0 aromatic rings. The largest absolute Gasteiger partial charge is 0.394 e. The highest BCUT2D eigenvalue weighted by molar-refractivity contribution is 5.75. The molecule has 1 rings (SSSR count). The van der Waals surface area contributed by atoms with Crippen LogP contribution in [0.3, 0.4) is 0 Å². The fourth-order valence-corrected chi connectivity index (χ4v) is 1.95. The molecule has 1 saturated heterocycles. The summed E-state index contributed by atoms with van der Waals surface area (Å²) in [6.45, 7) is 6.32. The highest BCUT2D eigenvalue weighted by atomic mass is 16.3. The molecule has 0 bridgehead atoms. The van der Waals surface area contributed by atoms with Crippen LogP contribution in [-0.2, 0) is 0 Å². The van der Waals surface area contributed by atoms with E-state index in [4.69, 9.17) is 5.11 Å². The number of aliphatic hydroxyl groups is 1. The Hall–Kier alpha value is -0.770. The van der Waals surface area contributed by atoms with Crippen LogP contribution in [0.1, 0.15) is 26.7 Å². The molecule has 1 N–H and O–H groups in total. The van der Waals surface area contributed by atoms with E-state index in [0.717, 1.165) is 32.5 Å². The normalized spacial score (nSPS) is 21.4. The van der Waals surface area contributed by atoms with Gasteiger partial charge in [0.15, 0.2) is 0 Å². The van der Waals surface area contributed by atoms with Crippen molar-refractivity contribution in [3.8, 4) is 0 Å². The maximum absolute atomic E-state index is 11.9. The summed E-state index contributed by atoms with van der Waals surface area (Å²) in [6.07, 6.45) is 1.95. The Morgan fingerprint density at radius 2 is 2.14 bits per heavy atom. The van der Waals surface area contributed by atoms with Crippen LogP contribution >= 0.6 is 0 Å². The van der Waals surface area contributed by atoms with Gasteiger partial charge < -0.3 is 14.9 Å². The zero-order chi connectivity index (χ0) is 10.6. The van der Waals surface area contributed by atoms with Crippen molar-refractivity contribution < 1.29 is 9.90 Å². The fourth-order valence-electron chi connectivity index (χ4n) is 1.95. The van der Waals surface area contributed by atoms with E-state index in [-0.39, 0.29) is 18.7 Å². The molecule has 0 aromatic heterocycles. The lowest BCUT2D eigenvalue weighted by Gasteiger charge is -2.29. The van der Waals surface area contributed by atoms with Crippen LogP contribution < -0.4 is 0 Å². The van der Waals surface area contributed by atoms with E-state index < -0.39 is 0 Å². The quantitative estimate of drug-likeness (QED) is 0.735. The first-order valence-electron chi connectivity index (χ1n) is 5.41. The first-order chi connectivity index (χ1) is 6.74. The van der Waals surface area contributed by atoms with Gasteiger partial charge in [0.1, 0.15) is 0 Å². The van der Waals surface area contributed by atoms with Gasteiger partial charge in [-0.3, -0.25) is 0 Å². The molecule has 4 heteroatoms. The smallest absolute Gasteiger partial charge is 0.320 e. The number of likely N-dealkylation sites (tertiary alicyclic amines) is 1. The molecule has 14 heavy (non-hydrogen) atoms. The van der Waals surface area contributed by atoms with Gasteiger partial charge in [-0.05, 0) is 26.7 Å². The number of hydrogen-bond donors (Lipinski definition) is 1. The second-order valence-electron chi connectivity index (χ2n) is 3.63. The first kappa shape index (κ1) is 11.3. The summed E-state index contributed by atoms with van der Waals surface area (Å²) in [5, 5.41) is 9.10. The van der Waals surface area contributed by atoms with Crippen molar-refractivity contribution in [2.45, 2.75) is 32.7 Å². The molecule has 0 saturated carbocycles. The zero-order valence-electron chi connectivity index (χ0n) is 9.07. The van der Waals surface area contributed by atoms with Gasteiger partial charge in [0.05, 0.1) is 12.6 Å². The van der Waals surface area contributed by atoms with Crippen molar-refractivity contribution in [2.24, 2.45) is 0 Å². The lowest BCUT2D eigenvalue weighted by molar-refractivity contribution is 0.129. The monoisotopic (exact) mass is 200 g/mol. The van der Waals surface area contributed by atoms with Gasteiger partial charge in [-0.1, -0.05) is 0 Å². The Morgan fingerprint density at radius 1 is 1.50 bits per heavy atom. The fraction of sp³-hybridized carbons (Fsp3) is 0.900. The lowest BCUT2D eigenvalue weighted by Crippen LogP contribution is -2.46. The van der Waals surface area contributed by atoms with Crippen LogP contribution in [-0.4, -0.2) is 53.2 Å². The summed E-state index contributed by atoms with van der Waals surface area (Å²) in [5.74, 6) is 0. The van der Waals surface area contributed by atoms with Crippen LogP contribution in [0, 0.1) is 0 Å². The summed E-state index contributed by atoms with van der Waals surface area (Å²) >= 11 is 0. The zero-order valence-corrected chi connectivity index (χ0v) is 9.07. The van der Waals surface area contributed by atoms with Crippen molar-refractivity contribution in [2.75, 3.05) is 26.2 Å². The summed E-state index contributed by atoms with van der Waals surface area (Å²) in [4.78, 5) is 15.5. The minimum absolute atomic E-state index is 0.0445. The molecule has 0 aromatic carbocycles. The number of urea groups is 1. The van der Waals surface area contributed by atoms with Gasteiger partial charge in [-0.2, -0.15) is 0 Å². The second-order valence-corrected chi connectivity index (χ2v) is 3.63. The van der Waals surface area contributed by atoms with Crippen LogP contribution in [0.4, 0.5) is 4.79 Å². The molecule has 1 aliphatic heterocycles. The van der Waals surface area contributed by atoms with E-state index in [1.807, 2.05) is 13.8 Å². The number of nitrogens with zero attached hydrogens (tertiary/aromatic N) is 2. The molecule has 0 unspecified atom stereocenters. The van der Waals surface area contributed by atoms with E-state index >= 15 is 0 Å².